The molecule has 1 radical (unpaired) electrons. The Bertz CT molecular complexity index is 117. The molecule has 0 N–H and O–H groups in total. The van der Waals surface area contributed by atoms with E-state index in [1.807, 2.05) is 0 Å². The van der Waals surface area contributed by atoms with Crippen LogP contribution in [0.5, 0.6) is 0 Å². The van der Waals surface area contributed by atoms with Crippen molar-refractivity contribution in [3.8, 4) is 0 Å². The van der Waals surface area contributed by atoms with Gasteiger partial charge in [-0.3, -0.25) is 0 Å². The summed E-state index contributed by atoms with van der Waals surface area (Å²) >= 11 is 0. The first-order chi connectivity index (χ1) is 3.27. The fourth-order valence-corrected chi connectivity index (χ4v) is 0.835. The Morgan fingerprint density at radius 3 is 2.29 bits per heavy atom. The third-order valence-electron chi connectivity index (χ3n) is 0.243. The van der Waals surface area contributed by atoms with Gasteiger partial charge < -0.3 is 0 Å². The summed E-state index contributed by atoms with van der Waals surface area (Å²) in [6.07, 6.45) is 1.43. The molecule has 0 fully saturated rings. The summed E-state index contributed by atoms with van der Waals surface area (Å²) in [5, 5.41) is 1.41. The van der Waals surface area contributed by atoms with Gasteiger partial charge in [0.05, 0.1) is 0 Å². The van der Waals surface area contributed by atoms with Crippen molar-refractivity contribution < 1.29 is 8.42 Å². The second-order valence-electron chi connectivity index (χ2n) is 0.701. The molecule has 0 heterocycles. The Kier molecular flexibility index (Phi) is 4.23. The van der Waals surface area contributed by atoms with Gasteiger partial charge in [-0.2, -0.15) is 0 Å². The Morgan fingerprint density at radius 2 is 2.14 bits per heavy atom. The molecule has 0 saturated heterocycles. The fraction of sp³-hybridized carbons (Fsp3) is 0. The van der Waals surface area contributed by atoms with Crippen LogP contribution >= 0.6 is 10.8 Å². The lowest BCUT2D eigenvalue weighted by molar-refractivity contribution is 0.627. The van der Waals surface area contributed by atoms with Crippen molar-refractivity contribution in [2.75, 3.05) is 0 Å². The quantitative estimate of drug-likeness (QED) is 0.447. The Labute approximate surface area is 48.0 Å². The normalized spacial score (nSPS) is 11.1. The lowest BCUT2D eigenvalue weighted by Crippen LogP contribution is -1.55. The number of allylic oxidation sites excluding steroid dienone is 1. The maximum atomic E-state index is 9.68. The second-order valence-corrected chi connectivity index (χ2v) is 3.16. The van der Waals surface area contributed by atoms with E-state index in [1.54, 1.807) is 0 Å². The molecule has 0 unspecified atom stereocenters. The third kappa shape index (κ3) is 6.04. The number of rotatable bonds is 2. The van der Waals surface area contributed by atoms with E-state index in [-0.39, 0.29) is 0 Å². The minimum absolute atomic E-state index is 0.742. The summed E-state index contributed by atoms with van der Waals surface area (Å²) in [7, 11) is -1.57. The van der Waals surface area contributed by atoms with Gasteiger partial charge in [0.25, 0.3) is 0 Å². The first-order valence-electron chi connectivity index (χ1n) is 1.53. The van der Waals surface area contributed by atoms with Crippen LogP contribution in [0.3, 0.4) is 0 Å². The summed E-state index contributed by atoms with van der Waals surface area (Å²) in [5.41, 5.74) is 0. The van der Waals surface area contributed by atoms with Crippen molar-refractivity contribution in [1.29, 1.82) is 0 Å². The van der Waals surface area contributed by atoms with Crippen molar-refractivity contribution >= 4 is 20.5 Å². The highest BCUT2D eigenvalue weighted by Crippen LogP contribution is 1.99. The Morgan fingerprint density at radius 1 is 1.57 bits per heavy atom. The van der Waals surface area contributed by atoms with Crippen LogP contribution in [-0.4, -0.2) is 8.42 Å². The average molecular weight is 137 g/mol. The highest BCUT2D eigenvalue weighted by atomic mass is 33.1. The van der Waals surface area contributed by atoms with Gasteiger partial charge in [0.15, 0.2) is 9.74 Å². The molecule has 0 aromatic rings. The van der Waals surface area contributed by atoms with E-state index < -0.39 is 9.74 Å². The monoisotopic (exact) mass is 137 g/mol. The molecule has 0 aromatic heterocycles. The zero-order chi connectivity index (χ0) is 5.70. The van der Waals surface area contributed by atoms with Gasteiger partial charge in [0.2, 0.25) is 0 Å². The lowest BCUT2D eigenvalue weighted by Gasteiger charge is -1.69. The van der Waals surface area contributed by atoms with E-state index in [1.165, 1.54) is 11.5 Å². The van der Waals surface area contributed by atoms with Gasteiger partial charge >= 0.3 is 0 Å². The van der Waals surface area contributed by atoms with E-state index in [2.05, 4.69) is 6.92 Å². The minimum atomic E-state index is -2.32. The third-order valence-corrected chi connectivity index (χ3v) is 1.61. The Hall–Kier alpha value is 0.0400. The topological polar surface area (TPSA) is 34.1 Å². The highest BCUT2D eigenvalue weighted by molar-refractivity contribution is 8.65. The molecule has 0 amide bonds. The van der Waals surface area contributed by atoms with Crippen molar-refractivity contribution in [3.05, 3.63) is 18.4 Å². The number of hydrogen-bond acceptors (Lipinski definition) is 3. The van der Waals surface area contributed by atoms with Crippen LogP contribution in [0.1, 0.15) is 0 Å². The SMILES string of the molecule is [CH2]C=CS[SH](=O)=O. The summed E-state index contributed by atoms with van der Waals surface area (Å²) in [4.78, 5) is 0. The van der Waals surface area contributed by atoms with Gasteiger partial charge in [-0.1, -0.05) is 6.08 Å². The van der Waals surface area contributed by atoms with E-state index in [0.29, 0.717) is 0 Å². The summed E-state index contributed by atoms with van der Waals surface area (Å²) in [5.74, 6) is 0. The molecule has 0 aromatic carbocycles. The molecule has 0 saturated carbocycles. The average Bonchev–Trinajstić information content (AvgIpc) is 1.61. The number of thiol groups is 1. The molecule has 41 valence electrons. The summed E-state index contributed by atoms with van der Waals surface area (Å²) in [6, 6.07) is 0. The van der Waals surface area contributed by atoms with Crippen LogP contribution in [0, 0.1) is 6.92 Å². The van der Waals surface area contributed by atoms with Crippen LogP contribution in [0.15, 0.2) is 11.5 Å². The van der Waals surface area contributed by atoms with E-state index in [4.69, 9.17) is 0 Å². The predicted molar refractivity (Wildman–Crippen MR) is 32.4 cm³/mol. The maximum Gasteiger partial charge on any atom is 0.195 e. The first-order valence-corrected chi connectivity index (χ1v) is 4.19. The highest BCUT2D eigenvalue weighted by Gasteiger charge is 1.73. The van der Waals surface area contributed by atoms with Crippen LogP contribution in [0.25, 0.3) is 0 Å². The smallest absolute Gasteiger partial charge is 0.195 e. The second kappa shape index (κ2) is 4.21. The molecule has 0 bridgehead atoms. The van der Waals surface area contributed by atoms with Crippen LogP contribution in [-0.2, 0) is 9.74 Å². The fourth-order valence-electron chi connectivity index (χ4n) is 0.0927. The van der Waals surface area contributed by atoms with E-state index in [0.717, 1.165) is 10.8 Å². The summed E-state index contributed by atoms with van der Waals surface area (Å²) < 4.78 is 19.4. The lowest BCUT2D eigenvalue weighted by atomic mass is 10.8. The van der Waals surface area contributed by atoms with Crippen LogP contribution < -0.4 is 0 Å². The van der Waals surface area contributed by atoms with Gasteiger partial charge in [-0.15, -0.1) is 0 Å². The molecular weight excluding hydrogens is 132 g/mol. The standard InChI is InChI=1S/C3H5O2S2/c1-2-3-6-7(4)5/h2-3,7H,1H2. The van der Waals surface area contributed by atoms with Crippen LogP contribution in [0.4, 0.5) is 0 Å². The zero-order valence-electron chi connectivity index (χ0n) is 3.53. The molecule has 0 rings (SSSR count). The predicted octanol–water partition coefficient (Wildman–Crippen LogP) is 0.594. The molecule has 7 heavy (non-hydrogen) atoms. The van der Waals surface area contributed by atoms with Gasteiger partial charge in [0, 0.05) is 0 Å². The van der Waals surface area contributed by atoms with Gasteiger partial charge in [-0.05, 0) is 23.1 Å². The number of hydrogen-bond donors (Lipinski definition) is 1. The molecule has 2 nitrogen and oxygen atoms in total. The largest absolute Gasteiger partial charge is 0.220 e. The van der Waals surface area contributed by atoms with Gasteiger partial charge in [-0.25, -0.2) is 8.42 Å². The Balaban J connectivity index is 3.33. The molecule has 0 aliphatic rings. The van der Waals surface area contributed by atoms with E-state index >= 15 is 0 Å². The van der Waals surface area contributed by atoms with Gasteiger partial charge in [0.1, 0.15) is 0 Å². The van der Waals surface area contributed by atoms with Crippen molar-refractivity contribution in [3.63, 3.8) is 0 Å². The molecule has 0 aliphatic heterocycles. The van der Waals surface area contributed by atoms with Crippen molar-refractivity contribution in [1.82, 2.24) is 0 Å². The van der Waals surface area contributed by atoms with Crippen molar-refractivity contribution in [2.24, 2.45) is 0 Å². The maximum absolute atomic E-state index is 9.68. The first kappa shape index (κ1) is 7.04. The zero-order valence-corrected chi connectivity index (χ0v) is 5.24. The molecule has 0 spiro atoms. The molecular formula is C3H5O2S2. The van der Waals surface area contributed by atoms with Crippen LogP contribution in [0.2, 0.25) is 0 Å². The molecule has 4 heteroatoms. The van der Waals surface area contributed by atoms with Crippen molar-refractivity contribution in [2.45, 2.75) is 0 Å². The molecule has 0 aliphatic carbocycles. The summed E-state index contributed by atoms with van der Waals surface area (Å²) in [6.45, 7) is 3.29. The molecule has 0 atom stereocenters. The minimum Gasteiger partial charge on any atom is -0.220 e. The van der Waals surface area contributed by atoms with E-state index in [9.17, 15) is 8.42 Å².